The number of hydrogen-bond acceptors (Lipinski definition) is 3. The molecule has 2 nitrogen and oxygen atoms in total. The lowest BCUT2D eigenvalue weighted by atomic mass is 9.87. The summed E-state index contributed by atoms with van der Waals surface area (Å²) in [5.41, 5.74) is 3.25. The van der Waals surface area contributed by atoms with Crippen LogP contribution in [0.1, 0.15) is 30.9 Å². The smallest absolute Gasteiger partial charge is 0.0140 e. The molecule has 0 spiro atoms. The average Bonchev–Trinajstić information content (AvgIpc) is 2.77. The van der Waals surface area contributed by atoms with E-state index >= 15 is 0 Å². The van der Waals surface area contributed by atoms with E-state index in [0.717, 1.165) is 12.6 Å². The van der Waals surface area contributed by atoms with Gasteiger partial charge in [0.05, 0.1) is 0 Å². The molecule has 0 aromatic heterocycles. The third-order valence-electron chi connectivity index (χ3n) is 4.61. The Kier molecular flexibility index (Phi) is 5.03. The van der Waals surface area contributed by atoms with Crippen LogP contribution in [0.3, 0.4) is 0 Å². The van der Waals surface area contributed by atoms with E-state index in [1.165, 1.54) is 56.0 Å². The molecule has 1 aromatic carbocycles. The van der Waals surface area contributed by atoms with Gasteiger partial charge in [-0.3, -0.25) is 4.90 Å². The number of aryl methyl sites for hydroxylation is 1. The monoisotopic (exact) mass is 290 g/mol. The van der Waals surface area contributed by atoms with Crippen LogP contribution >= 0.6 is 11.8 Å². The highest BCUT2D eigenvalue weighted by Crippen LogP contribution is 2.32. The van der Waals surface area contributed by atoms with Crippen LogP contribution in [0, 0.1) is 0 Å². The van der Waals surface area contributed by atoms with Crippen molar-refractivity contribution >= 4 is 11.8 Å². The molecule has 0 amide bonds. The van der Waals surface area contributed by atoms with Crippen molar-refractivity contribution in [2.45, 2.75) is 43.5 Å². The van der Waals surface area contributed by atoms with Crippen LogP contribution in [-0.2, 0) is 12.8 Å². The highest BCUT2D eigenvalue weighted by atomic mass is 32.2. The van der Waals surface area contributed by atoms with E-state index in [1.54, 1.807) is 11.1 Å². The Morgan fingerprint density at radius 2 is 2.25 bits per heavy atom. The van der Waals surface area contributed by atoms with E-state index in [0.29, 0.717) is 0 Å². The molecule has 2 aliphatic rings. The zero-order valence-electron chi connectivity index (χ0n) is 12.5. The van der Waals surface area contributed by atoms with Crippen molar-refractivity contribution in [3.05, 3.63) is 29.3 Å². The van der Waals surface area contributed by atoms with Crippen molar-refractivity contribution in [3.8, 4) is 0 Å². The number of nitrogens with one attached hydrogen (secondary N) is 1. The van der Waals surface area contributed by atoms with Crippen LogP contribution in [0.2, 0.25) is 0 Å². The van der Waals surface area contributed by atoms with E-state index in [9.17, 15) is 0 Å². The Morgan fingerprint density at radius 3 is 3.15 bits per heavy atom. The van der Waals surface area contributed by atoms with Crippen molar-refractivity contribution in [3.63, 3.8) is 0 Å². The summed E-state index contributed by atoms with van der Waals surface area (Å²) in [6.07, 6.45) is 5.17. The maximum absolute atomic E-state index is 3.52. The van der Waals surface area contributed by atoms with Crippen molar-refractivity contribution in [2.24, 2.45) is 0 Å². The first-order valence-electron chi connectivity index (χ1n) is 8.07. The van der Waals surface area contributed by atoms with E-state index in [-0.39, 0.29) is 0 Å². The second-order valence-corrected chi connectivity index (χ2v) is 7.17. The Morgan fingerprint density at radius 1 is 1.30 bits per heavy atom. The molecule has 1 heterocycles. The Hall–Kier alpha value is -0.510. The predicted octanol–water partition coefficient (Wildman–Crippen LogP) is 2.95. The Labute approximate surface area is 127 Å². The van der Waals surface area contributed by atoms with E-state index < -0.39 is 0 Å². The predicted molar refractivity (Wildman–Crippen MR) is 87.7 cm³/mol. The Bertz CT molecular complexity index is 439. The summed E-state index contributed by atoms with van der Waals surface area (Å²) in [6, 6.07) is 7.67. The quantitative estimate of drug-likeness (QED) is 0.862. The molecule has 3 rings (SSSR count). The van der Waals surface area contributed by atoms with Gasteiger partial charge in [-0.05, 0) is 61.7 Å². The minimum absolute atomic E-state index is 0.765. The molecule has 0 radical (unpaired) electrons. The van der Waals surface area contributed by atoms with Gasteiger partial charge >= 0.3 is 0 Å². The molecule has 20 heavy (non-hydrogen) atoms. The van der Waals surface area contributed by atoms with Gasteiger partial charge in [-0.25, -0.2) is 0 Å². The number of benzene rings is 1. The SMILES string of the molecule is CCSc1cccc2c1CC(N1CCCNCC1)CC2. The van der Waals surface area contributed by atoms with Crippen LogP contribution in [0.15, 0.2) is 23.1 Å². The summed E-state index contributed by atoms with van der Waals surface area (Å²) < 4.78 is 0. The molecule has 1 unspecified atom stereocenters. The van der Waals surface area contributed by atoms with Gasteiger partial charge in [0.15, 0.2) is 0 Å². The summed E-state index contributed by atoms with van der Waals surface area (Å²) in [5.74, 6) is 1.18. The van der Waals surface area contributed by atoms with Crippen molar-refractivity contribution in [1.82, 2.24) is 10.2 Å². The van der Waals surface area contributed by atoms with Crippen LogP contribution < -0.4 is 5.32 Å². The van der Waals surface area contributed by atoms with E-state index in [2.05, 4.69) is 35.3 Å². The molecule has 1 atom stereocenters. The molecule has 1 aromatic rings. The van der Waals surface area contributed by atoms with Crippen LogP contribution in [0.4, 0.5) is 0 Å². The first-order valence-corrected chi connectivity index (χ1v) is 9.05. The third-order valence-corrected chi connectivity index (χ3v) is 5.59. The largest absolute Gasteiger partial charge is 0.315 e. The van der Waals surface area contributed by atoms with Crippen LogP contribution in [0.5, 0.6) is 0 Å². The molecular formula is C17H26N2S. The molecule has 0 bridgehead atoms. The van der Waals surface area contributed by atoms with Gasteiger partial charge in [0, 0.05) is 24.0 Å². The lowest BCUT2D eigenvalue weighted by molar-refractivity contribution is 0.190. The van der Waals surface area contributed by atoms with E-state index in [1.807, 2.05) is 11.8 Å². The lowest BCUT2D eigenvalue weighted by Crippen LogP contribution is -2.41. The Balaban J connectivity index is 1.76. The van der Waals surface area contributed by atoms with E-state index in [4.69, 9.17) is 0 Å². The normalized spacial score (nSPS) is 24.1. The summed E-state index contributed by atoms with van der Waals surface area (Å²) in [6.45, 7) is 7.11. The van der Waals surface area contributed by atoms with Crippen molar-refractivity contribution in [1.29, 1.82) is 0 Å². The molecule has 1 N–H and O–H groups in total. The van der Waals surface area contributed by atoms with Crippen LogP contribution in [0.25, 0.3) is 0 Å². The lowest BCUT2D eigenvalue weighted by Gasteiger charge is -2.35. The molecule has 0 saturated carbocycles. The first-order chi connectivity index (χ1) is 9.88. The summed E-state index contributed by atoms with van der Waals surface area (Å²) in [7, 11) is 0. The fraction of sp³-hybridized carbons (Fsp3) is 0.647. The minimum atomic E-state index is 0.765. The van der Waals surface area contributed by atoms with Crippen molar-refractivity contribution in [2.75, 3.05) is 31.9 Å². The standard InChI is InChI=1S/C17H26N2S/c1-2-20-17-6-3-5-14-7-8-15(13-16(14)17)19-11-4-9-18-10-12-19/h3,5-6,15,18H,2,4,7-13H2,1H3. The minimum Gasteiger partial charge on any atom is -0.315 e. The third kappa shape index (κ3) is 3.21. The molecule has 1 saturated heterocycles. The molecule has 1 aliphatic carbocycles. The zero-order chi connectivity index (χ0) is 13.8. The molecule has 1 aliphatic heterocycles. The van der Waals surface area contributed by atoms with Gasteiger partial charge < -0.3 is 5.32 Å². The highest BCUT2D eigenvalue weighted by Gasteiger charge is 2.26. The zero-order valence-corrected chi connectivity index (χ0v) is 13.3. The maximum atomic E-state index is 3.52. The molecule has 3 heteroatoms. The number of hydrogen-bond donors (Lipinski definition) is 1. The molecule has 110 valence electrons. The summed E-state index contributed by atoms with van der Waals surface area (Å²) in [4.78, 5) is 4.26. The first kappa shape index (κ1) is 14.4. The summed E-state index contributed by atoms with van der Waals surface area (Å²) >= 11 is 2.01. The second-order valence-electron chi connectivity index (χ2n) is 5.86. The molecule has 1 fully saturated rings. The van der Waals surface area contributed by atoms with Gasteiger partial charge in [-0.15, -0.1) is 11.8 Å². The van der Waals surface area contributed by atoms with Crippen molar-refractivity contribution < 1.29 is 0 Å². The van der Waals surface area contributed by atoms with Crippen LogP contribution in [-0.4, -0.2) is 42.9 Å². The number of thioether (sulfide) groups is 1. The topological polar surface area (TPSA) is 15.3 Å². The second kappa shape index (κ2) is 6.97. The molecular weight excluding hydrogens is 264 g/mol. The average molecular weight is 290 g/mol. The van der Waals surface area contributed by atoms with Gasteiger partial charge in [0.1, 0.15) is 0 Å². The summed E-state index contributed by atoms with van der Waals surface area (Å²) in [5, 5.41) is 3.52. The fourth-order valence-electron chi connectivity index (χ4n) is 3.57. The van der Waals surface area contributed by atoms with Gasteiger partial charge in [-0.2, -0.15) is 0 Å². The van der Waals surface area contributed by atoms with Gasteiger partial charge in [0.25, 0.3) is 0 Å². The highest BCUT2D eigenvalue weighted by molar-refractivity contribution is 7.99. The maximum Gasteiger partial charge on any atom is 0.0140 e. The number of fused-ring (bicyclic) bond motifs is 1. The number of nitrogens with zero attached hydrogens (tertiary/aromatic N) is 1. The number of rotatable bonds is 3. The van der Waals surface area contributed by atoms with Gasteiger partial charge in [-0.1, -0.05) is 19.1 Å². The van der Waals surface area contributed by atoms with Gasteiger partial charge in [0.2, 0.25) is 0 Å². The fourth-order valence-corrected chi connectivity index (χ4v) is 4.45.